The van der Waals surface area contributed by atoms with E-state index in [0.29, 0.717) is 6.04 Å². The minimum absolute atomic E-state index is 0.420. The van der Waals surface area contributed by atoms with E-state index in [-0.39, 0.29) is 0 Å². The first kappa shape index (κ1) is 11.7. The van der Waals surface area contributed by atoms with Crippen LogP contribution in [0.1, 0.15) is 20.3 Å². The zero-order chi connectivity index (χ0) is 12.3. The van der Waals surface area contributed by atoms with Gasteiger partial charge in [0.25, 0.3) is 0 Å². The van der Waals surface area contributed by atoms with Crippen LogP contribution < -0.4 is 11.1 Å². The Labute approximate surface area is 102 Å². The molecule has 3 heteroatoms. The minimum Gasteiger partial charge on any atom is -0.399 e. The van der Waals surface area contributed by atoms with Crippen LogP contribution in [0.4, 0.5) is 11.4 Å². The number of anilines is 2. The van der Waals surface area contributed by atoms with Crippen LogP contribution in [0.25, 0.3) is 10.9 Å². The summed E-state index contributed by atoms with van der Waals surface area (Å²) in [5.74, 6) is 0. The molecule has 0 bridgehead atoms. The molecule has 0 aliphatic rings. The van der Waals surface area contributed by atoms with Gasteiger partial charge in [-0.1, -0.05) is 6.92 Å². The number of aromatic nitrogens is 1. The average Bonchev–Trinajstić information content (AvgIpc) is 2.29. The van der Waals surface area contributed by atoms with Crippen molar-refractivity contribution < 1.29 is 0 Å². The molecular weight excluding hydrogens is 210 g/mol. The first-order valence-corrected chi connectivity index (χ1v) is 5.89. The molecule has 3 nitrogen and oxygen atoms in total. The van der Waals surface area contributed by atoms with Crippen molar-refractivity contribution in [2.75, 3.05) is 11.1 Å². The predicted octanol–water partition coefficient (Wildman–Crippen LogP) is 3.23. The molecule has 0 spiro atoms. The molecule has 2 aromatic rings. The summed E-state index contributed by atoms with van der Waals surface area (Å²) in [6, 6.07) is 8.25. The molecule has 0 aliphatic carbocycles. The predicted molar refractivity (Wildman–Crippen MR) is 73.8 cm³/mol. The fourth-order valence-electron chi connectivity index (χ4n) is 1.97. The van der Waals surface area contributed by atoms with E-state index in [4.69, 9.17) is 5.73 Å². The molecule has 0 saturated heterocycles. The number of fused-ring (bicyclic) bond motifs is 1. The second-order valence-corrected chi connectivity index (χ2v) is 4.32. The van der Waals surface area contributed by atoms with E-state index in [2.05, 4.69) is 30.6 Å². The Morgan fingerprint density at radius 3 is 3.00 bits per heavy atom. The Morgan fingerprint density at radius 2 is 2.24 bits per heavy atom. The second-order valence-electron chi connectivity index (χ2n) is 4.32. The van der Waals surface area contributed by atoms with Gasteiger partial charge in [-0.3, -0.25) is 4.98 Å². The van der Waals surface area contributed by atoms with Gasteiger partial charge >= 0.3 is 0 Å². The Bertz CT molecular complexity index is 508. The third-order valence-corrected chi connectivity index (χ3v) is 2.76. The lowest BCUT2D eigenvalue weighted by Gasteiger charge is -2.15. The number of rotatable bonds is 4. The lowest BCUT2D eigenvalue weighted by atomic mass is 10.1. The SMILES string of the molecule is C[CH]C[C@@H](C)Nc1ccnc2cc(N)ccc12. The zero-order valence-corrected chi connectivity index (χ0v) is 10.3. The summed E-state index contributed by atoms with van der Waals surface area (Å²) >= 11 is 0. The van der Waals surface area contributed by atoms with E-state index >= 15 is 0 Å². The molecular formula is C14H18N3. The van der Waals surface area contributed by atoms with Gasteiger partial charge in [-0.15, -0.1) is 0 Å². The minimum atomic E-state index is 0.420. The van der Waals surface area contributed by atoms with Crippen molar-refractivity contribution in [3.05, 3.63) is 36.9 Å². The van der Waals surface area contributed by atoms with E-state index in [9.17, 15) is 0 Å². The van der Waals surface area contributed by atoms with Crippen molar-refractivity contribution in [2.24, 2.45) is 0 Å². The van der Waals surface area contributed by atoms with Gasteiger partial charge in [0, 0.05) is 29.0 Å². The fourth-order valence-corrected chi connectivity index (χ4v) is 1.97. The van der Waals surface area contributed by atoms with Gasteiger partial charge in [0.2, 0.25) is 0 Å². The molecule has 1 atom stereocenters. The van der Waals surface area contributed by atoms with Crippen LogP contribution in [0, 0.1) is 6.42 Å². The molecule has 0 unspecified atom stereocenters. The van der Waals surface area contributed by atoms with Crippen molar-refractivity contribution in [3.63, 3.8) is 0 Å². The van der Waals surface area contributed by atoms with Crippen molar-refractivity contribution >= 4 is 22.3 Å². The summed E-state index contributed by atoms with van der Waals surface area (Å²) < 4.78 is 0. The number of nitrogen functional groups attached to an aromatic ring is 1. The third-order valence-electron chi connectivity index (χ3n) is 2.76. The number of hydrogen-bond acceptors (Lipinski definition) is 3. The Hall–Kier alpha value is -1.77. The normalized spacial score (nSPS) is 12.6. The Morgan fingerprint density at radius 1 is 1.41 bits per heavy atom. The molecule has 89 valence electrons. The summed E-state index contributed by atoms with van der Waals surface area (Å²) in [5, 5.41) is 4.61. The first-order chi connectivity index (χ1) is 8.20. The highest BCUT2D eigenvalue weighted by molar-refractivity contribution is 5.92. The van der Waals surface area contributed by atoms with Gasteiger partial charge in [0.1, 0.15) is 0 Å². The van der Waals surface area contributed by atoms with Crippen molar-refractivity contribution in [1.82, 2.24) is 4.98 Å². The van der Waals surface area contributed by atoms with Crippen LogP contribution in [-0.2, 0) is 0 Å². The summed E-state index contributed by atoms with van der Waals surface area (Å²) in [5.41, 5.74) is 8.55. The lowest BCUT2D eigenvalue weighted by molar-refractivity contribution is 0.779. The standard InChI is InChI=1S/C14H18N3/c1-3-4-10(2)17-13-7-8-16-14-9-11(15)5-6-12(13)14/h3,5-10H,4,15H2,1-2H3,(H,16,17)/t10-/m1/s1. The summed E-state index contributed by atoms with van der Waals surface area (Å²) in [6.07, 6.45) is 5.02. The van der Waals surface area contributed by atoms with Gasteiger partial charge in [0.15, 0.2) is 0 Å². The topological polar surface area (TPSA) is 50.9 Å². The van der Waals surface area contributed by atoms with Gasteiger partial charge in [0.05, 0.1) is 5.52 Å². The smallest absolute Gasteiger partial charge is 0.0743 e. The maximum Gasteiger partial charge on any atom is 0.0743 e. The highest BCUT2D eigenvalue weighted by Crippen LogP contribution is 2.24. The molecule has 2 rings (SSSR count). The maximum absolute atomic E-state index is 5.76. The van der Waals surface area contributed by atoms with E-state index in [1.54, 1.807) is 0 Å². The van der Waals surface area contributed by atoms with Crippen molar-refractivity contribution in [2.45, 2.75) is 26.3 Å². The first-order valence-electron chi connectivity index (χ1n) is 5.89. The molecule has 1 aromatic carbocycles. The van der Waals surface area contributed by atoms with Gasteiger partial charge in [-0.05, 0) is 44.0 Å². The average molecular weight is 228 g/mol. The second kappa shape index (κ2) is 5.04. The third kappa shape index (κ3) is 2.67. The summed E-state index contributed by atoms with van der Waals surface area (Å²) in [6.45, 7) is 4.24. The molecule has 17 heavy (non-hydrogen) atoms. The highest BCUT2D eigenvalue weighted by Gasteiger charge is 2.05. The molecule has 1 aromatic heterocycles. The maximum atomic E-state index is 5.76. The molecule has 0 fully saturated rings. The van der Waals surface area contributed by atoms with E-state index in [1.165, 1.54) is 0 Å². The Kier molecular flexibility index (Phi) is 3.47. The molecule has 3 N–H and O–H groups in total. The highest BCUT2D eigenvalue weighted by atomic mass is 14.9. The molecule has 0 amide bonds. The number of benzene rings is 1. The van der Waals surface area contributed by atoms with Crippen LogP contribution in [-0.4, -0.2) is 11.0 Å². The molecule has 0 saturated carbocycles. The number of nitrogens with zero attached hydrogens (tertiary/aromatic N) is 1. The van der Waals surface area contributed by atoms with Gasteiger partial charge < -0.3 is 11.1 Å². The summed E-state index contributed by atoms with van der Waals surface area (Å²) in [4.78, 5) is 4.33. The van der Waals surface area contributed by atoms with Gasteiger partial charge in [-0.2, -0.15) is 0 Å². The largest absolute Gasteiger partial charge is 0.399 e. The van der Waals surface area contributed by atoms with Crippen LogP contribution >= 0.6 is 0 Å². The van der Waals surface area contributed by atoms with Crippen LogP contribution in [0.2, 0.25) is 0 Å². The fraction of sp³-hybridized carbons (Fsp3) is 0.286. The van der Waals surface area contributed by atoms with E-state index in [1.807, 2.05) is 30.5 Å². The van der Waals surface area contributed by atoms with Crippen molar-refractivity contribution in [1.29, 1.82) is 0 Å². The number of hydrogen-bond donors (Lipinski definition) is 2. The van der Waals surface area contributed by atoms with E-state index in [0.717, 1.165) is 28.7 Å². The quantitative estimate of drug-likeness (QED) is 0.790. The van der Waals surface area contributed by atoms with Gasteiger partial charge in [-0.25, -0.2) is 0 Å². The Balaban J connectivity index is 2.34. The molecule has 1 radical (unpaired) electrons. The summed E-state index contributed by atoms with van der Waals surface area (Å²) in [7, 11) is 0. The zero-order valence-electron chi connectivity index (χ0n) is 10.3. The van der Waals surface area contributed by atoms with E-state index < -0.39 is 0 Å². The number of pyridine rings is 1. The molecule has 1 heterocycles. The van der Waals surface area contributed by atoms with Crippen LogP contribution in [0.3, 0.4) is 0 Å². The lowest BCUT2D eigenvalue weighted by Crippen LogP contribution is -2.14. The van der Waals surface area contributed by atoms with Crippen LogP contribution in [0.15, 0.2) is 30.5 Å². The van der Waals surface area contributed by atoms with Crippen molar-refractivity contribution in [3.8, 4) is 0 Å². The number of nitrogens with one attached hydrogen (secondary N) is 1. The number of nitrogens with two attached hydrogens (primary N) is 1. The monoisotopic (exact) mass is 228 g/mol. The molecule has 0 aliphatic heterocycles. The van der Waals surface area contributed by atoms with Crippen LogP contribution in [0.5, 0.6) is 0 Å².